The second kappa shape index (κ2) is 6.80. The number of carbonyl (C=O) groups is 1. The Morgan fingerprint density at radius 3 is 2.61 bits per heavy atom. The van der Waals surface area contributed by atoms with Gasteiger partial charge in [0.15, 0.2) is 0 Å². The van der Waals surface area contributed by atoms with Crippen LogP contribution >= 0.6 is 0 Å². The van der Waals surface area contributed by atoms with Gasteiger partial charge in [-0.2, -0.15) is 5.26 Å². The van der Waals surface area contributed by atoms with Crippen LogP contribution in [0.5, 0.6) is 0 Å². The first-order valence-electron chi connectivity index (χ1n) is 7.61. The van der Waals surface area contributed by atoms with E-state index in [9.17, 15) is 10.1 Å². The Hall–Kier alpha value is -3.06. The highest BCUT2D eigenvalue weighted by molar-refractivity contribution is 6.06. The van der Waals surface area contributed by atoms with Crippen molar-refractivity contribution in [2.45, 2.75) is 19.3 Å². The summed E-state index contributed by atoms with van der Waals surface area (Å²) in [7, 11) is 0. The molecule has 1 aliphatic rings. The molecule has 0 atom stereocenters. The van der Waals surface area contributed by atoms with Crippen molar-refractivity contribution in [3.63, 3.8) is 0 Å². The molecule has 4 nitrogen and oxygen atoms in total. The van der Waals surface area contributed by atoms with Gasteiger partial charge in [-0.1, -0.05) is 24.3 Å². The smallest absolute Gasteiger partial charge is 0.267 e. The predicted octanol–water partition coefficient (Wildman–Crippen LogP) is 3.63. The molecule has 0 fully saturated rings. The van der Waals surface area contributed by atoms with Crippen molar-refractivity contribution in [2.75, 3.05) is 10.6 Å². The van der Waals surface area contributed by atoms with Gasteiger partial charge in [0.05, 0.1) is 0 Å². The third-order valence-electron chi connectivity index (χ3n) is 3.88. The van der Waals surface area contributed by atoms with E-state index in [1.54, 1.807) is 12.1 Å². The Morgan fingerprint density at radius 1 is 1.04 bits per heavy atom. The second-order valence-corrected chi connectivity index (χ2v) is 5.47. The normalized spacial score (nSPS) is 13.1. The van der Waals surface area contributed by atoms with E-state index in [4.69, 9.17) is 0 Å². The van der Waals surface area contributed by atoms with Crippen LogP contribution in [0.4, 0.5) is 11.4 Å². The van der Waals surface area contributed by atoms with Gasteiger partial charge in [0.1, 0.15) is 11.6 Å². The minimum Gasteiger partial charge on any atom is -0.360 e. The molecule has 0 saturated heterocycles. The van der Waals surface area contributed by atoms with Crippen LogP contribution in [-0.4, -0.2) is 5.91 Å². The maximum atomic E-state index is 12.1. The van der Waals surface area contributed by atoms with Gasteiger partial charge in [-0.05, 0) is 54.7 Å². The molecule has 0 heterocycles. The number of nitrogens with zero attached hydrogens (tertiary/aromatic N) is 1. The lowest BCUT2D eigenvalue weighted by Crippen LogP contribution is -2.14. The zero-order chi connectivity index (χ0) is 16.1. The van der Waals surface area contributed by atoms with Crippen LogP contribution in [-0.2, 0) is 17.6 Å². The maximum Gasteiger partial charge on any atom is 0.267 e. The summed E-state index contributed by atoms with van der Waals surface area (Å²) in [6.45, 7) is 0. The first kappa shape index (κ1) is 14.9. The van der Waals surface area contributed by atoms with Gasteiger partial charge in [-0.15, -0.1) is 0 Å². The predicted molar refractivity (Wildman–Crippen MR) is 90.9 cm³/mol. The number of amides is 1. The third-order valence-corrected chi connectivity index (χ3v) is 3.88. The molecule has 2 N–H and O–H groups in total. The lowest BCUT2D eigenvalue weighted by Gasteiger charge is -2.06. The van der Waals surface area contributed by atoms with Crippen molar-refractivity contribution in [1.82, 2.24) is 0 Å². The number of carbonyl (C=O) groups excluding carboxylic acids is 1. The molecule has 3 rings (SSSR count). The molecule has 2 aromatic carbocycles. The highest BCUT2D eigenvalue weighted by Crippen LogP contribution is 2.25. The van der Waals surface area contributed by atoms with E-state index in [1.807, 2.05) is 30.3 Å². The zero-order valence-corrected chi connectivity index (χ0v) is 12.7. The number of rotatable bonds is 4. The number of hydrogen-bond acceptors (Lipinski definition) is 3. The topological polar surface area (TPSA) is 64.9 Å². The standard InChI is InChI=1S/C19H17N3O/c20-12-16(19(23)22-17-7-2-1-3-8-17)13-21-18-10-9-14-5-4-6-15(14)11-18/h1-3,7-11,13,21H,4-6H2,(H,22,23)/b16-13-. The van der Waals surface area contributed by atoms with E-state index in [1.165, 1.54) is 23.7 Å². The average molecular weight is 303 g/mol. The van der Waals surface area contributed by atoms with E-state index in [0.29, 0.717) is 5.69 Å². The Labute approximate surface area is 135 Å². The molecule has 0 radical (unpaired) electrons. The monoisotopic (exact) mass is 303 g/mol. The summed E-state index contributed by atoms with van der Waals surface area (Å²) in [5, 5.41) is 14.9. The number of para-hydroxylation sites is 1. The lowest BCUT2D eigenvalue weighted by molar-refractivity contribution is -0.112. The number of benzene rings is 2. The molecule has 0 aliphatic heterocycles. The van der Waals surface area contributed by atoms with Crippen LogP contribution < -0.4 is 10.6 Å². The minimum absolute atomic E-state index is 0.0364. The quantitative estimate of drug-likeness (QED) is 0.669. The SMILES string of the molecule is N#C/C(=C/Nc1ccc2c(c1)CCC2)C(=O)Nc1ccccc1. The average Bonchev–Trinajstić information content (AvgIpc) is 3.04. The number of hydrogen-bond donors (Lipinski definition) is 2. The molecular formula is C19H17N3O. The molecule has 0 aromatic heterocycles. The highest BCUT2D eigenvalue weighted by Gasteiger charge is 2.11. The maximum absolute atomic E-state index is 12.1. The fourth-order valence-electron chi connectivity index (χ4n) is 2.69. The Balaban J connectivity index is 1.69. The molecule has 0 spiro atoms. The molecule has 4 heteroatoms. The first-order chi connectivity index (χ1) is 11.3. The van der Waals surface area contributed by atoms with Crippen LogP contribution in [0, 0.1) is 11.3 Å². The van der Waals surface area contributed by atoms with Crippen LogP contribution in [0.3, 0.4) is 0 Å². The molecule has 1 aliphatic carbocycles. The van der Waals surface area contributed by atoms with Gasteiger partial charge in [-0.3, -0.25) is 4.79 Å². The summed E-state index contributed by atoms with van der Waals surface area (Å²) >= 11 is 0. The van der Waals surface area contributed by atoms with Crippen molar-refractivity contribution in [2.24, 2.45) is 0 Å². The van der Waals surface area contributed by atoms with Crippen LogP contribution in [0.15, 0.2) is 60.3 Å². The molecule has 0 saturated carbocycles. The van der Waals surface area contributed by atoms with Crippen molar-refractivity contribution < 1.29 is 4.79 Å². The number of nitrogens with one attached hydrogen (secondary N) is 2. The third kappa shape index (κ3) is 3.58. The van der Waals surface area contributed by atoms with E-state index in [-0.39, 0.29) is 5.57 Å². The Bertz CT molecular complexity index is 788. The van der Waals surface area contributed by atoms with Gasteiger partial charge in [0.2, 0.25) is 0 Å². The Kier molecular flexibility index (Phi) is 4.39. The largest absolute Gasteiger partial charge is 0.360 e. The van der Waals surface area contributed by atoms with Gasteiger partial charge in [0.25, 0.3) is 5.91 Å². The molecule has 0 unspecified atom stereocenters. The van der Waals surface area contributed by atoms with Crippen molar-refractivity contribution >= 4 is 17.3 Å². The molecule has 114 valence electrons. The van der Waals surface area contributed by atoms with Crippen LogP contribution in [0.2, 0.25) is 0 Å². The zero-order valence-electron chi connectivity index (χ0n) is 12.7. The van der Waals surface area contributed by atoms with Crippen molar-refractivity contribution in [1.29, 1.82) is 5.26 Å². The molecule has 1 amide bonds. The molecular weight excluding hydrogens is 286 g/mol. The van der Waals surface area contributed by atoms with E-state index in [0.717, 1.165) is 18.5 Å². The first-order valence-corrected chi connectivity index (χ1v) is 7.61. The van der Waals surface area contributed by atoms with Gasteiger partial charge >= 0.3 is 0 Å². The summed E-state index contributed by atoms with van der Waals surface area (Å²) in [6, 6.07) is 17.2. The minimum atomic E-state index is -0.424. The number of aryl methyl sites for hydroxylation is 2. The highest BCUT2D eigenvalue weighted by atomic mass is 16.1. The van der Waals surface area contributed by atoms with Gasteiger partial charge in [0, 0.05) is 17.6 Å². The van der Waals surface area contributed by atoms with Gasteiger partial charge in [-0.25, -0.2) is 0 Å². The van der Waals surface area contributed by atoms with E-state index < -0.39 is 5.91 Å². The number of anilines is 2. The van der Waals surface area contributed by atoms with Crippen LogP contribution in [0.25, 0.3) is 0 Å². The fourth-order valence-corrected chi connectivity index (χ4v) is 2.69. The summed E-state index contributed by atoms with van der Waals surface area (Å²) in [5.41, 5.74) is 4.33. The van der Waals surface area contributed by atoms with Crippen LogP contribution in [0.1, 0.15) is 17.5 Å². The molecule has 0 bridgehead atoms. The number of fused-ring (bicyclic) bond motifs is 1. The lowest BCUT2D eigenvalue weighted by atomic mass is 10.1. The summed E-state index contributed by atoms with van der Waals surface area (Å²) in [4.78, 5) is 12.1. The van der Waals surface area contributed by atoms with E-state index >= 15 is 0 Å². The number of nitriles is 1. The molecule has 23 heavy (non-hydrogen) atoms. The summed E-state index contributed by atoms with van der Waals surface area (Å²) < 4.78 is 0. The van der Waals surface area contributed by atoms with Gasteiger partial charge < -0.3 is 10.6 Å². The van der Waals surface area contributed by atoms with Crippen molar-refractivity contribution in [3.8, 4) is 6.07 Å². The Morgan fingerprint density at radius 2 is 1.83 bits per heavy atom. The summed E-state index contributed by atoms with van der Waals surface area (Å²) in [6.07, 6.45) is 4.87. The molecule has 2 aromatic rings. The fraction of sp³-hybridized carbons (Fsp3) is 0.158. The van der Waals surface area contributed by atoms with E-state index in [2.05, 4.69) is 22.8 Å². The second-order valence-electron chi connectivity index (χ2n) is 5.47. The van der Waals surface area contributed by atoms with Crippen molar-refractivity contribution in [3.05, 3.63) is 71.4 Å². The summed E-state index contributed by atoms with van der Waals surface area (Å²) in [5.74, 6) is -0.424.